The zero-order valence-electron chi connectivity index (χ0n) is 14.2. The van der Waals surface area contributed by atoms with Crippen LogP contribution < -0.4 is 14.8 Å². The second-order valence-corrected chi connectivity index (χ2v) is 6.04. The number of barbiturate groups is 1. The van der Waals surface area contributed by atoms with Gasteiger partial charge in [-0.25, -0.2) is 4.79 Å². The number of urea groups is 1. The minimum absolute atomic E-state index is 0.0851. The van der Waals surface area contributed by atoms with Crippen LogP contribution >= 0.6 is 0 Å². The highest BCUT2D eigenvalue weighted by molar-refractivity contribution is 6.31. The molecule has 1 aromatic carbocycles. The van der Waals surface area contributed by atoms with Crippen molar-refractivity contribution in [2.24, 2.45) is 0 Å². The van der Waals surface area contributed by atoms with Gasteiger partial charge in [-0.3, -0.25) is 19.8 Å². The number of nitrogens with one attached hydrogen (secondary N) is 1. The molecule has 0 bridgehead atoms. The Kier molecular flexibility index (Phi) is 4.74. The molecule has 0 aromatic heterocycles. The van der Waals surface area contributed by atoms with Gasteiger partial charge in [0.1, 0.15) is 17.1 Å². The van der Waals surface area contributed by atoms with Gasteiger partial charge >= 0.3 is 6.03 Å². The molecular weight excluding hydrogens is 324 g/mol. The molecule has 1 aromatic rings. The molecule has 4 amide bonds. The number of benzene rings is 1. The summed E-state index contributed by atoms with van der Waals surface area (Å²) in [7, 11) is 3.03. The van der Waals surface area contributed by atoms with Gasteiger partial charge in [0.2, 0.25) is 0 Å². The highest BCUT2D eigenvalue weighted by atomic mass is 16.5. The minimum Gasteiger partial charge on any atom is -0.497 e. The Labute approximate surface area is 145 Å². The Balaban J connectivity index is 1.99. The van der Waals surface area contributed by atoms with E-state index < -0.39 is 17.8 Å². The third kappa shape index (κ3) is 3.22. The van der Waals surface area contributed by atoms with Crippen molar-refractivity contribution in [1.29, 1.82) is 0 Å². The molecule has 7 heteroatoms. The summed E-state index contributed by atoms with van der Waals surface area (Å²) >= 11 is 0. The fraction of sp³-hybridized carbons (Fsp3) is 0.389. The Morgan fingerprint density at radius 2 is 1.84 bits per heavy atom. The van der Waals surface area contributed by atoms with Crippen LogP contribution in [0.1, 0.15) is 31.2 Å². The molecule has 0 unspecified atom stereocenters. The number of rotatable bonds is 4. The van der Waals surface area contributed by atoms with Gasteiger partial charge in [0.25, 0.3) is 11.8 Å². The molecule has 2 aliphatic rings. The summed E-state index contributed by atoms with van der Waals surface area (Å²) in [5.41, 5.74) is 0.444. The van der Waals surface area contributed by atoms with E-state index in [9.17, 15) is 14.4 Å². The van der Waals surface area contributed by atoms with E-state index in [4.69, 9.17) is 9.47 Å². The van der Waals surface area contributed by atoms with E-state index in [1.165, 1.54) is 25.2 Å². The number of methoxy groups -OCH3 is 2. The van der Waals surface area contributed by atoms with Gasteiger partial charge in [0.05, 0.1) is 14.2 Å². The van der Waals surface area contributed by atoms with E-state index in [1.807, 2.05) is 0 Å². The number of hydrogen-bond donors (Lipinski definition) is 1. The first-order valence-electron chi connectivity index (χ1n) is 8.17. The number of carbonyl (C=O) groups excluding carboxylic acids is 3. The quantitative estimate of drug-likeness (QED) is 0.668. The maximum absolute atomic E-state index is 12.8. The van der Waals surface area contributed by atoms with Crippen LogP contribution in [0, 0.1) is 0 Å². The van der Waals surface area contributed by atoms with E-state index in [2.05, 4.69) is 5.32 Å². The largest absolute Gasteiger partial charge is 0.497 e. The van der Waals surface area contributed by atoms with Gasteiger partial charge in [-0.2, -0.15) is 0 Å². The van der Waals surface area contributed by atoms with Crippen molar-refractivity contribution in [2.75, 3.05) is 14.2 Å². The van der Waals surface area contributed by atoms with Crippen molar-refractivity contribution in [3.8, 4) is 11.5 Å². The van der Waals surface area contributed by atoms with Crippen LogP contribution in [-0.2, 0) is 9.59 Å². The smallest absolute Gasteiger partial charge is 0.331 e. The summed E-state index contributed by atoms with van der Waals surface area (Å²) < 4.78 is 10.5. The molecule has 25 heavy (non-hydrogen) atoms. The molecule has 2 fully saturated rings. The monoisotopic (exact) mass is 344 g/mol. The van der Waals surface area contributed by atoms with Gasteiger partial charge < -0.3 is 9.47 Å². The van der Waals surface area contributed by atoms with E-state index in [0.717, 1.165) is 25.7 Å². The lowest BCUT2D eigenvalue weighted by Gasteiger charge is -2.31. The molecule has 1 N–H and O–H groups in total. The molecule has 3 rings (SSSR count). The first kappa shape index (κ1) is 17.0. The molecular formula is C18H20N2O5. The molecule has 7 nitrogen and oxygen atoms in total. The van der Waals surface area contributed by atoms with Crippen LogP contribution in [-0.4, -0.2) is 43.0 Å². The van der Waals surface area contributed by atoms with Crippen molar-refractivity contribution in [2.45, 2.75) is 31.7 Å². The SMILES string of the molecule is COc1ccc(OC)c(C=C2C(=O)NC(=O)N(C3CCCC3)C2=O)c1. The van der Waals surface area contributed by atoms with Crippen LogP contribution in [0.3, 0.4) is 0 Å². The maximum Gasteiger partial charge on any atom is 0.331 e. The van der Waals surface area contributed by atoms with Gasteiger partial charge in [-0.15, -0.1) is 0 Å². The van der Waals surface area contributed by atoms with E-state index >= 15 is 0 Å². The summed E-state index contributed by atoms with van der Waals surface area (Å²) in [6.45, 7) is 0. The third-order valence-electron chi connectivity index (χ3n) is 4.56. The van der Waals surface area contributed by atoms with Crippen molar-refractivity contribution >= 4 is 23.9 Å². The van der Waals surface area contributed by atoms with Crippen LogP contribution in [0.15, 0.2) is 23.8 Å². The Hall–Kier alpha value is -2.83. The van der Waals surface area contributed by atoms with E-state index in [1.54, 1.807) is 18.2 Å². The van der Waals surface area contributed by atoms with Crippen LogP contribution in [0.25, 0.3) is 6.08 Å². The highest BCUT2D eigenvalue weighted by Crippen LogP contribution is 2.30. The van der Waals surface area contributed by atoms with Crippen molar-refractivity contribution in [3.05, 3.63) is 29.3 Å². The van der Waals surface area contributed by atoms with Crippen molar-refractivity contribution in [3.63, 3.8) is 0 Å². The summed E-state index contributed by atoms with van der Waals surface area (Å²) in [6, 6.07) is 4.28. The Bertz CT molecular complexity index is 750. The third-order valence-corrected chi connectivity index (χ3v) is 4.56. The number of hydrogen-bond acceptors (Lipinski definition) is 5. The molecule has 0 atom stereocenters. The van der Waals surface area contributed by atoms with Gasteiger partial charge in [-0.05, 0) is 37.1 Å². The minimum atomic E-state index is -0.700. The average molecular weight is 344 g/mol. The fourth-order valence-corrected chi connectivity index (χ4v) is 3.27. The molecule has 1 saturated heterocycles. The summed E-state index contributed by atoms with van der Waals surface area (Å²) in [5.74, 6) is -0.196. The normalized spacial score (nSPS) is 20.2. The van der Waals surface area contributed by atoms with Gasteiger partial charge in [-0.1, -0.05) is 12.8 Å². The van der Waals surface area contributed by atoms with Crippen molar-refractivity contribution < 1.29 is 23.9 Å². The lowest BCUT2D eigenvalue weighted by molar-refractivity contribution is -0.131. The lowest BCUT2D eigenvalue weighted by Crippen LogP contribution is -2.57. The number of imide groups is 2. The first-order valence-corrected chi connectivity index (χ1v) is 8.17. The highest BCUT2D eigenvalue weighted by Gasteiger charge is 2.40. The van der Waals surface area contributed by atoms with Crippen molar-refractivity contribution in [1.82, 2.24) is 10.2 Å². The molecule has 1 saturated carbocycles. The number of nitrogens with zero attached hydrogens (tertiary/aromatic N) is 1. The first-order chi connectivity index (χ1) is 12.0. The van der Waals surface area contributed by atoms with Crippen LogP contribution in [0.5, 0.6) is 11.5 Å². The zero-order chi connectivity index (χ0) is 18.0. The summed E-state index contributed by atoms with van der Waals surface area (Å²) in [4.78, 5) is 38.3. The van der Waals surface area contributed by atoms with Gasteiger partial charge in [0.15, 0.2) is 0 Å². The molecule has 1 aliphatic carbocycles. The predicted molar refractivity (Wildman–Crippen MR) is 90.2 cm³/mol. The second kappa shape index (κ2) is 6.96. The topological polar surface area (TPSA) is 84.9 Å². The summed E-state index contributed by atoms with van der Waals surface area (Å²) in [5, 5.41) is 2.26. The number of amides is 4. The standard InChI is InChI=1S/C18H20N2O5/c1-24-13-7-8-15(25-2)11(9-13)10-14-16(21)19-18(23)20(17(14)22)12-5-3-4-6-12/h7-10,12H,3-6H2,1-2H3,(H,19,21,23). The predicted octanol–water partition coefficient (Wildman–Crippen LogP) is 2.11. The fourth-order valence-electron chi connectivity index (χ4n) is 3.27. The van der Waals surface area contributed by atoms with Crippen LogP contribution in [0.4, 0.5) is 4.79 Å². The second-order valence-electron chi connectivity index (χ2n) is 6.04. The van der Waals surface area contributed by atoms with Crippen LogP contribution in [0.2, 0.25) is 0 Å². The number of carbonyl (C=O) groups is 3. The van der Waals surface area contributed by atoms with E-state index in [-0.39, 0.29) is 11.6 Å². The molecule has 132 valence electrons. The maximum atomic E-state index is 12.8. The zero-order valence-corrected chi connectivity index (χ0v) is 14.2. The average Bonchev–Trinajstić information content (AvgIpc) is 3.12. The molecule has 0 radical (unpaired) electrons. The Morgan fingerprint density at radius 1 is 1.12 bits per heavy atom. The summed E-state index contributed by atoms with van der Waals surface area (Å²) in [6.07, 6.45) is 4.91. The Morgan fingerprint density at radius 3 is 2.48 bits per heavy atom. The molecule has 0 spiro atoms. The number of ether oxygens (including phenoxy) is 2. The van der Waals surface area contributed by atoms with Gasteiger partial charge in [0, 0.05) is 11.6 Å². The molecule has 1 heterocycles. The van der Waals surface area contributed by atoms with E-state index in [0.29, 0.717) is 17.1 Å². The lowest BCUT2D eigenvalue weighted by atomic mass is 10.0. The molecule has 1 aliphatic heterocycles.